The second kappa shape index (κ2) is 5.40. The number of methoxy groups -OCH3 is 1. The first-order chi connectivity index (χ1) is 8.29. The second-order valence-electron chi connectivity index (χ2n) is 5.40. The first-order valence-corrected chi connectivity index (χ1v) is 5.98. The van der Waals surface area contributed by atoms with Gasteiger partial charge in [-0.15, -0.1) is 0 Å². The lowest BCUT2D eigenvalue weighted by atomic mass is 9.85. The van der Waals surface area contributed by atoms with E-state index in [2.05, 4.69) is 32.2 Å². The van der Waals surface area contributed by atoms with E-state index in [-0.39, 0.29) is 17.9 Å². The molecule has 1 aromatic rings. The molecule has 0 bridgehead atoms. The minimum atomic E-state index is -0.223. The van der Waals surface area contributed by atoms with E-state index in [1.807, 2.05) is 13.0 Å². The zero-order chi connectivity index (χ0) is 13.9. The molecule has 18 heavy (non-hydrogen) atoms. The van der Waals surface area contributed by atoms with E-state index in [0.717, 1.165) is 11.1 Å². The molecule has 4 nitrogen and oxygen atoms in total. The highest BCUT2D eigenvalue weighted by Crippen LogP contribution is 2.38. The lowest BCUT2D eigenvalue weighted by Crippen LogP contribution is -2.23. The topological polar surface area (TPSA) is 64.3 Å². The molecule has 1 aromatic carbocycles. The molecule has 3 N–H and O–H groups in total. The van der Waals surface area contributed by atoms with Crippen molar-refractivity contribution in [3.8, 4) is 5.75 Å². The summed E-state index contributed by atoms with van der Waals surface area (Å²) in [7, 11) is 1.61. The Bertz CT molecular complexity index is 448. The zero-order valence-corrected chi connectivity index (χ0v) is 11.8. The first-order valence-electron chi connectivity index (χ1n) is 5.98. The summed E-state index contributed by atoms with van der Waals surface area (Å²) in [5.74, 6) is 0.480. The van der Waals surface area contributed by atoms with E-state index in [4.69, 9.17) is 10.5 Å². The quantitative estimate of drug-likeness (QED) is 0.864. The number of anilines is 1. The molecule has 1 rings (SSSR count). The minimum Gasteiger partial charge on any atom is -0.494 e. The Kier molecular flexibility index (Phi) is 4.35. The number of carbonyl (C=O) groups is 1. The molecule has 0 spiro atoms. The smallest absolute Gasteiger partial charge is 0.238 e. The highest BCUT2D eigenvalue weighted by Gasteiger charge is 2.22. The Morgan fingerprint density at radius 2 is 2.00 bits per heavy atom. The van der Waals surface area contributed by atoms with Crippen molar-refractivity contribution < 1.29 is 9.53 Å². The van der Waals surface area contributed by atoms with Gasteiger partial charge in [0.1, 0.15) is 5.75 Å². The molecule has 0 unspecified atom stereocenters. The average molecular weight is 250 g/mol. The van der Waals surface area contributed by atoms with Gasteiger partial charge in [-0.05, 0) is 24.0 Å². The Hall–Kier alpha value is -1.55. The fraction of sp³-hybridized carbons (Fsp3) is 0.500. The molecular formula is C14H22N2O2. The number of ether oxygens (including phenoxy) is 1. The van der Waals surface area contributed by atoms with E-state index in [9.17, 15) is 4.79 Å². The third-order valence-electron chi connectivity index (χ3n) is 2.70. The summed E-state index contributed by atoms with van der Waals surface area (Å²) in [6.45, 7) is 8.28. The lowest BCUT2D eigenvalue weighted by molar-refractivity contribution is -0.114. The van der Waals surface area contributed by atoms with Crippen molar-refractivity contribution in [1.82, 2.24) is 0 Å². The molecule has 0 heterocycles. The van der Waals surface area contributed by atoms with Gasteiger partial charge in [0, 0.05) is 5.56 Å². The summed E-state index contributed by atoms with van der Waals surface area (Å²) in [6.07, 6.45) is 0. The number of hydrogen-bond donors (Lipinski definition) is 2. The SMILES string of the molecule is COc1c(NC(=O)CN)cc(C)cc1C(C)(C)C. The third kappa shape index (κ3) is 3.23. The van der Waals surface area contributed by atoms with Gasteiger partial charge in [0.15, 0.2) is 0 Å². The normalized spacial score (nSPS) is 11.2. The molecule has 0 aromatic heterocycles. The average Bonchev–Trinajstić information content (AvgIpc) is 2.27. The minimum absolute atomic E-state index is 0.0397. The predicted molar refractivity (Wildman–Crippen MR) is 74.1 cm³/mol. The Morgan fingerprint density at radius 1 is 1.39 bits per heavy atom. The molecule has 0 aliphatic carbocycles. The second-order valence-corrected chi connectivity index (χ2v) is 5.40. The van der Waals surface area contributed by atoms with E-state index >= 15 is 0 Å². The first kappa shape index (κ1) is 14.5. The van der Waals surface area contributed by atoms with Gasteiger partial charge >= 0.3 is 0 Å². The van der Waals surface area contributed by atoms with Crippen LogP contribution in [-0.4, -0.2) is 19.6 Å². The van der Waals surface area contributed by atoms with E-state index < -0.39 is 0 Å². The standard InChI is InChI=1S/C14H22N2O2/c1-9-6-10(14(2,3)4)13(18-5)11(7-9)16-12(17)8-15/h6-7H,8,15H2,1-5H3,(H,16,17). The van der Waals surface area contributed by atoms with Crippen LogP contribution in [0.4, 0.5) is 5.69 Å². The maximum absolute atomic E-state index is 11.4. The van der Waals surface area contributed by atoms with Crippen molar-refractivity contribution in [2.75, 3.05) is 19.0 Å². The van der Waals surface area contributed by atoms with E-state index in [0.29, 0.717) is 11.4 Å². The van der Waals surface area contributed by atoms with Gasteiger partial charge in [-0.2, -0.15) is 0 Å². The van der Waals surface area contributed by atoms with Crippen LogP contribution >= 0.6 is 0 Å². The van der Waals surface area contributed by atoms with Gasteiger partial charge in [0.25, 0.3) is 0 Å². The molecule has 0 aliphatic rings. The highest BCUT2D eigenvalue weighted by atomic mass is 16.5. The van der Waals surface area contributed by atoms with Crippen molar-refractivity contribution in [3.05, 3.63) is 23.3 Å². The van der Waals surface area contributed by atoms with Crippen LogP contribution in [0.2, 0.25) is 0 Å². The summed E-state index contributed by atoms with van der Waals surface area (Å²) < 4.78 is 5.45. The van der Waals surface area contributed by atoms with Crippen LogP contribution in [0.1, 0.15) is 31.9 Å². The highest BCUT2D eigenvalue weighted by molar-refractivity contribution is 5.94. The van der Waals surface area contributed by atoms with Crippen molar-refractivity contribution in [2.45, 2.75) is 33.1 Å². The molecule has 0 fully saturated rings. The van der Waals surface area contributed by atoms with Gasteiger partial charge in [0.2, 0.25) is 5.91 Å². The summed E-state index contributed by atoms with van der Waals surface area (Å²) in [5.41, 5.74) is 8.09. The molecular weight excluding hydrogens is 228 g/mol. The predicted octanol–water partition coefficient (Wildman–Crippen LogP) is 2.20. The molecule has 0 saturated heterocycles. The van der Waals surface area contributed by atoms with Gasteiger partial charge < -0.3 is 15.8 Å². The maximum atomic E-state index is 11.4. The fourth-order valence-corrected chi connectivity index (χ4v) is 1.84. The number of nitrogens with two attached hydrogens (primary N) is 1. The molecule has 0 aliphatic heterocycles. The number of rotatable bonds is 3. The van der Waals surface area contributed by atoms with Gasteiger partial charge in [-0.25, -0.2) is 0 Å². The van der Waals surface area contributed by atoms with Crippen LogP contribution in [0.15, 0.2) is 12.1 Å². The summed E-state index contributed by atoms with van der Waals surface area (Å²) in [5, 5.41) is 2.78. The van der Waals surface area contributed by atoms with Gasteiger partial charge in [-0.1, -0.05) is 26.8 Å². The molecule has 0 radical (unpaired) electrons. The number of benzene rings is 1. The van der Waals surface area contributed by atoms with E-state index in [1.165, 1.54) is 0 Å². The van der Waals surface area contributed by atoms with Crippen LogP contribution in [0.25, 0.3) is 0 Å². The third-order valence-corrected chi connectivity index (χ3v) is 2.70. The number of amides is 1. The van der Waals surface area contributed by atoms with Crippen LogP contribution in [0, 0.1) is 6.92 Å². The van der Waals surface area contributed by atoms with Crippen LogP contribution < -0.4 is 15.8 Å². The number of hydrogen-bond acceptors (Lipinski definition) is 3. The Morgan fingerprint density at radius 3 is 2.44 bits per heavy atom. The fourth-order valence-electron chi connectivity index (χ4n) is 1.84. The zero-order valence-electron chi connectivity index (χ0n) is 11.8. The van der Waals surface area contributed by atoms with Crippen LogP contribution in [0.3, 0.4) is 0 Å². The Balaban J connectivity index is 3.33. The van der Waals surface area contributed by atoms with E-state index in [1.54, 1.807) is 7.11 Å². The van der Waals surface area contributed by atoms with Crippen molar-refractivity contribution >= 4 is 11.6 Å². The summed E-state index contributed by atoms with van der Waals surface area (Å²) >= 11 is 0. The van der Waals surface area contributed by atoms with Gasteiger partial charge in [-0.3, -0.25) is 4.79 Å². The molecule has 0 atom stereocenters. The van der Waals surface area contributed by atoms with Crippen molar-refractivity contribution in [2.24, 2.45) is 5.73 Å². The molecule has 4 heteroatoms. The lowest BCUT2D eigenvalue weighted by Gasteiger charge is -2.24. The molecule has 0 saturated carbocycles. The molecule has 100 valence electrons. The van der Waals surface area contributed by atoms with Crippen molar-refractivity contribution in [3.63, 3.8) is 0 Å². The largest absolute Gasteiger partial charge is 0.494 e. The summed E-state index contributed by atoms with van der Waals surface area (Å²) in [4.78, 5) is 11.4. The van der Waals surface area contributed by atoms with Crippen LogP contribution in [-0.2, 0) is 10.2 Å². The van der Waals surface area contributed by atoms with Gasteiger partial charge in [0.05, 0.1) is 19.3 Å². The number of aryl methyl sites for hydroxylation is 1. The van der Waals surface area contributed by atoms with Crippen molar-refractivity contribution in [1.29, 1.82) is 0 Å². The number of nitrogens with one attached hydrogen (secondary N) is 1. The monoisotopic (exact) mass is 250 g/mol. The maximum Gasteiger partial charge on any atom is 0.238 e. The molecule has 1 amide bonds. The Labute approximate surface area is 109 Å². The number of carbonyl (C=O) groups excluding carboxylic acids is 1. The van der Waals surface area contributed by atoms with Crippen LogP contribution in [0.5, 0.6) is 5.75 Å². The summed E-state index contributed by atoms with van der Waals surface area (Å²) in [6, 6.07) is 3.97.